The number of hydrogen-bond donors (Lipinski definition) is 3. The standard InChI is InChI=1S/C24H31N3O4/c1-23(2)13-18(24(3,4)31-23)22(29)27-16-11-10-15(19(25)12-16)14-26-21(28)17-8-6-7-9-20(17)30-5/h6-12,18H,13-14,25H2,1-5H3,(H,26,28)(H,27,29). The molecule has 1 unspecified atom stereocenters. The molecule has 1 atom stereocenters. The van der Waals surface area contributed by atoms with Crippen molar-refractivity contribution in [2.24, 2.45) is 5.92 Å². The Morgan fingerprint density at radius 1 is 1.16 bits per heavy atom. The molecule has 0 radical (unpaired) electrons. The number of nitrogen functional groups attached to an aromatic ring is 1. The van der Waals surface area contributed by atoms with E-state index in [0.717, 1.165) is 5.56 Å². The third-order valence-corrected chi connectivity index (χ3v) is 5.60. The van der Waals surface area contributed by atoms with Crippen LogP contribution in [0.1, 0.15) is 50.0 Å². The molecule has 0 spiro atoms. The zero-order valence-electron chi connectivity index (χ0n) is 18.7. The first-order valence-corrected chi connectivity index (χ1v) is 10.3. The molecule has 0 bridgehead atoms. The number of para-hydroxylation sites is 1. The van der Waals surface area contributed by atoms with Gasteiger partial charge < -0.3 is 25.8 Å². The lowest BCUT2D eigenvalue weighted by molar-refractivity contribution is -0.126. The van der Waals surface area contributed by atoms with E-state index < -0.39 is 5.60 Å². The van der Waals surface area contributed by atoms with Crippen LogP contribution in [0.5, 0.6) is 5.75 Å². The van der Waals surface area contributed by atoms with Crippen LogP contribution in [0.2, 0.25) is 0 Å². The summed E-state index contributed by atoms with van der Waals surface area (Å²) in [6.07, 6.45) is 0.647. The van der Waals surface area contributed by atoms with Crippen molar-refractivity contribution in [2.75, 3.05) is 18.2 Å². The third kappa shape index (κ3) is 5.17. The molecular weight excluding hydrogens is 394 g/mol. The quantitative estimate of drug-likeness (QED) is 0.612. The molecule has 2 amide bonds. The fraction of sp³-hybridized carbons (Fsp3) is 0.417. The number of nitrogens with one attached hydrogen (secondary N) is 2. The lowest BCUT2D eigenvalue weighted by Gasteiger charge is -2.26. The average Bonchev–Trinajstić information content (AvgIpc) is 2.94. The second-order valence-electron chi connectivity index (χ2n) is 9.01. The second kappa shape index (κ2) is 8.59. The SMILES string of the molecule is COc1ccccc1C(=O)NCc1ccc(NC(=O)C2CC(C)(C)OC2(C)C)cc1N. The minimum absolute atomic E-state index is 0.0906. The number of benzene rings is 2. The summed E-state index contributed by atoms with van der Waals surface area (Å²) in [5, 5.41) is 5.80. The predicted molar refractivity (Wildman–Crippen MR) is 121 cm³/mol. The third-order valence-electron chi connectivity index (χ3n) is 5.60. The van der Waals surface area contributed by atoms with Gasteiger partial charge in [0.25, 0.3) is 5.91 Å². The summed E-state index contributed by atoms with van der Waals surface area (Å²) in [4.78, 5) is 25.3. The summed E-state index contributed by atoms with van der Waals surface area (Å²) in [5.41, 5.74) is 7.61. The normalized spacial score (nSPS) is 18.9. The van der Waals surface area contributed by atoms with E-state index in [9.17, 15) is 9.59 Å². The van der Waals surface area contributed by atoms with Crippen LogP contribution < -0.4 is 21.1 Å². The van der Waals surface area contributed by atoms with Crippen LogP contribution in [0.4, 0.5) is 11.4 Å². The Balaban J connectivity index is 1.64. The van der Waals surface area contributed by atoms with Gasteiger partial charge in [0.1, 0.15) is 5.75 Å². The molecule has 3 rings (SSSR count). The lowest BCUT2D eigenvalue weighted by Crippen LogP contribution is -2.36. The van der Waals surface area contributed by atoms with Crippen molar-refractivity contribution in [1.82, 2.24) is 5.32 Å². The first-order chi connectivity index (χ1) is 14.5. The van der Waals surface area contributed by atoms with Gasteiger partial charge in [0.05, 0.1) is 29.8 Å². The van der Waals surface area contributed by atoms with Gasteiger partial charge in [-0.05, 0) is 63.9 Å². The lowest BCUT2D eigenvalue weighted by atomic mass is 9.86. The number of nitrogens with two attached hydrogens (primary N) is 1. The molecule has 0 aliphatic carbocycles. The van der Waals surface area contributed by atoms with Gasteiger partial charge in [-0.25, -0.2) is 0 Å². The van der Waals surface area contributed by atoms with Gasteiger partial charge in [0.15, 0.2) is 0 Å². The molecule has 1 fully saturated rings. The minimum Gasteiger partial charge on any atom is -0.496 e. The number of carbonyl (C=O) groups excluding carboxylic acids is 2. The molecule has 166 valence electrons. The van der Waals surface area contributed by atoms with Gasteiger partial charge in [0.2, 0.25) is 5.91 Å². The number of anilines is 2. The summed E-state index contributed by atoms with van der Waals surface area (Å²) in [5.74, 6) is -0.0934. The molecule has 4 N–H and O–H groups in total. The predicted octanol–water partition coefficient (Wildman–Crippen LogP) is 3.74. The summed E-state index contributed by atoms with van der Waals surface area (Å²) < 4.78 is 11.3. The highest BCUT2D eigenvalue weighted by Gasteiger charge is 2.49. The van der Waals surface area contributed by atoms with Crippen LogP contribution in [0.25, 0.3) is 0 Å². The van der Waals surface area contributed by atoms with E-state index in [2.05, 4.69) is 10.6 Å². The molecule has 2 aromatic rings. The molecule has 31 heavy (non-hydrogen) atoms. The highest BCUT2D eigenvalue weighted by atomic mass is 16.5. The van der Waals surface area contributed by atoms with Gasteiger partial charge in [-0.1, -0.05) is 18.2 Å². The topological polar surface area (TPSA) is 103 Å². The first-order valence-electron chi connectivity index (χ1n) is 10.3. The van der Waals surface area contributed by atoms with Gasteiger partial charge >= 0.3 is 0 Å². The van der Waals surface area contributed by atoms with Crippen molar-refractivity contribution in [3.05, 3.63) is 53.6 Å². The van der Waals surface area contributed by atoms with Crippen molar-refractivity contribution in [2.45, 2.75) is 51.9 Å². The Morgan fingerprint density at radius 3 is 2.48 bits per heavy atom. The molecule has 7 heteroatoms. The Hall–Kier alpha value is -3.06. The van der Waals surface area contributed by atoms with E-state index in [4.69, 9.17) is 15.2 Å². The Labute approximate surface area is 183 Å². The number of ether oxygens (including phenoxy) is 2. The van der Waals surface area contributed by atoms with E-state index in [1.165, 1.54) is 7.11 Å². The Bertz CT molecular complexity index is 985. The van der Waals surface area contributed by atoms with E-state index in [1.54, 1.807) is 42.5 Å². The minimum atomic E-state index is -0.540. The van der Waals surface area contributed by atoms with E-state index in [0.29, 0.717) is 29.1 Å². The van der Waals surface area contributed by atoms with Gasteiger partial charge in [-0.3, -0.25) is 9.59 Å². The van der Waals surface area contributed by atoms with Gasteiger partial charge in [-0.2, -0.15) is 0 Å². The Kier molecular flexibility index (Phi) is 6.27. The highest BCUT2D eigenvalue weighted by Crippen LogP contribution is 2.42. The molecule has 7 nitrogen and oxygen atoms in total. The van der Waals surface area contributed by atoms with Crippen LogP contribution in [-0.2, 0) is 16.1 Å². The number of methoxy groups -OCH3 is 1. The molecular formula is C24H31N3O4. The van der Waals surface area contributed by atoms with Crippen molar-refractivity contribution in [3.63, 3.8) is 0 Å². The van der Waals surface area contributed by atoms with Crippen LogP contribution in [0.3, 0.4) is 0 Å². The maximum atomic E-state index is 12.8. The second-order valence-corrected chi connectivity index (χ2v) is 9.01. The van der Waals surface area contributed by atoms with Crippen LogP contribution in [0.15, 0.2) is 42.5 Å². The molecule has 1 heterocycles. The van der Waals surface area contributed by atoms with Gasteiger partial charge in [-0.15, -0.1) is 0 Å². The fourth-order valence-electron chi connectivity index (χ4n) is 4.14. The zero-order valence-corrected chi connectivity index (χ0v) is 18.7. The van der Waals surface area contributed by atoms with E-state index in [-0.39, 0.29) is 29.9 Å². The van der Waals surface area contributed by atoms with E-state index >= 15 is 0 Å². The largest absolute Gasteiger partial charge is 0.496 e. The number of carbonyl (C=O) groups is 2. The maximum absolute atomic E-state index is 12.8. The van der Waals surface area contributed by atoms with Crippen molar-refractivity contribution < 1.29 is 19.1 Å². The number of hydrogen-bond acceptors (Lipinski definition) is 5. The Morgan fingerprint density at radius 2 is 1.87 bits per heavy atom. The summed E-state index contributed by atoms with van der Waals surface area (Å²) >= 11 is 0. The number of rotatable bonds is 6. The van der Waals surface area contributed by atoms with Crippen molar-refractivity contribution >= 4 is 23.2 Å². The van der Waals surface area contributed by atoms with Crippen molar-refractivity contribution in [3.8, 4) is 5.75 Å². The smallest absolute Gasteiger partial charge is 0.255 e. The maximum Gasteiger partial charge on any atom is 0.255 e. The van der Waals surface area contributed by atoms with Crippen LogP contribution in [0, 0.1) is 5.92 Å². The molecule has 0 aromatic heterocycles. The zero-order chi connectivity index (χ0) is 22.8. The summed E-state index contributed by atoms with van der Waals surface area (Å²) in [6, 6.07) is 12.3. The summed E-state index contributed by atoms with van der Waals surface area (Å²) in [7, 11) is 1.52. The highest BCUT2D eigenvalue weighted by molar-refractivity contribution is 5.97. The molecule has 2 aromatic carbocycles. The monoisotopic (exact) mass is 425 g/mol. The first kappa shape index (κ1) is 22.6. The molecule has 0 saturated carbocycles. The van der Waals surface area contributed by atoms with Crippen LogP contribution in [-0.4, -0.2) is 30.1 Å². The van der Waals surface area contributed by atoms with E-state index in [1.807, 2.05) is 27.7 Å². The molecule has 1 aliphatic heterocycles. The molecule has 1 saturated heterocycles. The number of amides is 2. The van der Waals surface area contributed by atoms with Crippen LogP contribution >= 0.6 is 0 Å². The van der Waals surface area contributed by atoms with Gasteiger partial charge in [0, 0.05) is 17.9 Å². The molecule has 1 aliphatic rings. The van der Waals surface area contributed by atoms with Crippen molar-refractivity contribution in [1.29, 1.82) is 0 Å². The average molecular weight is 426 g/mol. The summed E-state index contributed by atoms with van der Waals surface area (Å²) in [6.45, 7) is 8.12. The fourth-order valence-corrected chi connectivity index (χ4v) is 4.14.